The van der Waals surface area contributed by atoms with Gasteiger partial charge >= 0.3 is 5.97 Å². The summed E-state index contributed by atoms with van der Waals surface area (Å²) in [6.45, 7) is 5.24. The number of anilines is 1. The Morgan fingerprint density at radius 1 is 1.06 bits per heavy atom. The van der Waals surface area contributed by atoms with E-state index in [9.17, 15) is 15.0 Å². The zero-order chi connectivity index (χ0) is 21.5. The molecular weight excluding hydrogens is 398 g/mol. The fraction of sp³-hybridized carbons (Fsp3) is 0.500. The van der Waals surface area contributed by atoms with Crippen molar-refractivity contribution in [3.8, 4) is 11.8 Å². The second kappa shape index (κ2) is 7.88. The van der Waals surface area contributed by atoms with Crippen molar-refractivity contribution in [2.75, 3.05) is 37.6 Å². The predicted molar refractivity (Wildman–Crippen MR) is 113 cm³/mol. The van der Waals surface area contributed by atoms with E-state index in [1.54, 1.807) is 18.5 Å². The molecule has 9 nitrogen and oxygen atoms in total. The number of carbonyl (C=O) groups is 1. The second-order valence-electron chi connectivity index (χ2n) is 8.49. The van der Waals surface area contributed by atoms with Crippen LogP contribution in [0.4, 0.5) is 5.95 Å². The number of aromatic hydroxyl groups is 2. The topological polar surface area (TPSA) is 104 Å². The van der Waals surface area contributed by atoms with E-state index in [1.807, 2.05) is 0 Å². The first-order valence-electron chi connectivity index (χ1n) is 10.7. The minimum absolute atomic E-state index is 0.0903. The van der Waals surface area contributed by atoms with Crippen LogP contribution in [-0.2, 0) is 16.1 Å². The number of esters is 1. The molecule has 0 saturated carbocycles. The number of carbonyl (C=O) groups excluding carboxylic acids is 1. The molecule has 3 heterocycles. The highest BCUT2D eigenvalue weighted by molar-refractivity contribution is 5.66. The van der Waals surface area contributed by atoms with Crippen LogP contribution in [0.5, 0.6) is 11.8 Å². The summed E-state index contributed by atoms with van der Waals surface area (Å²) in [4.78, 5) is 24.7. The fourth-order valence-corrected chi connectivity index (χ4v) is 5.11. The lowest BCUT2D eigenvalue weighted by Gasteiger charge is -2.36. The Labute approximate surface area is 180 Å². The van der Waals surface area contributed by atoms with Gasteiger partial charge in [-0.25, -0.2) is 9.97 Å². The molecule has 1 saturated heterocycles. The van der Waals surface area contributed by atoms with Crippen LogP contribution in [0, 0.1) is 0 Å². The van der Waals surface area contributed by atoms with Crippen molar-refractivity contribution < 1.29 is 19.7 Å². The minimum Gasteiger partial charge on any atom is -0.494 e. The maximum atomic E-state index is 11.7. The van der Waals surface area contributed by atoms with Gasteiger partial charge in [0.1, 0.15) is 6.10 Å². The number of rotatable bonds is 6. The molecule has 2 aromatic heterocycles. The molecule has 2 aliphatic carbocycles. The number of allylic oxidation sites excluding steroid dienone is 2. The number of aromatic nitrogens is 3. The van der Waals surface area contributed by atoms with E-state index < -0.39 is 6.10 Å². The average molecular weight is 425 g/mol. The van der Waals surface area contributed by atoms with Gasteiger partial charge in [-0.2, -0.15) is 0 Å². The quantitative estimate of drug-likeness (QED) is 0.531. The third-order valence-electron chi connectivity index (χ3n) is 6.50. The van der Waals surface area contributed by atoms with Crippen LogP contribution < -0.4 is 4.90 Å². The largest absolute Gasteiger partial charge is 0.494 e. The molecule has 9 heteroatoms. The molecule has 2 aromatic rings. The summed E-state index contributed by atoms with van der Waals surface area (Å²) in [6, 6.07) is 1.80. The highest BCUT2D eigenvalue weighted by Gasteiger charge is 2.41. The average Bonchev–Trinajstić information content (AvgIpc) is 3.45. The first kappa shape index (κ1) is 19.9. The van der Waals surface area contributed by atoms with Gasteiger partial charge in [0.05, 0.1) is 6.54 Å². The third-order valence-corrected chi connectivity index (χ3v) is 6.50. The zero-order valence-corrected chi connectivity index (χ0v) is 17.5. The van der Waals surface area contributed by atoms with Crippen molar-refractivity contribution in [3.05, 3.63) is 41.7 Å². The molecule has 0 spiro atoms. The number of nitrogens with zero attached hydrogens (tertiary/aromatic N) is 5. The van der Waals surface area contributed by atoms with E-state index in [4.69, 9.17) is 4.74 Å². The minimum atomic E-state index is -0.480. The smallest absolute Gasteiger partial charge is 0.303 e. The molecule has 3 unspecified atom stereocenters. The van der Waals surface area contributed by atoms with Crippen LogP contribution >= 0.6 is 0 Å². The van der Waals surface area contributed by atoms with Crippen molar-refractivity contribution in [3.63, 3.8) is 0 Å². The normalized spacial score (nSPS) is 23.2. The van der Waals surface area contributed by atoms with Crippen molar-refractivity contribution in [2.45, 2.75) is 37.8 Å². The van der Waals surface area contributed by atoms with Crippen molar-refractivity contribution in [2.24, 2.45) is 0 Å². The highest BCUT2D eigenvalue weighted by atomic mass is 16.5. The van der Waals surface area contributed by atoms with E-state index in [0.29, 0.717) is 6.54 Å². The first-order chi connectivity index (χ1) is 15.0. The third kappa shape index (κ3) is 3.63. The van der Waals surface area contributed by atoms with Crippen molar-refractivity contribution >= 4 is 11.9 Å². The van der Waals surface area contributed by atoms with Crippen LogP contribution in [-0.4, -0.2) is 74.4 Å². The number of hydrogen-bond acceptors (Lipinski definition) is 8. The number of fused-ring (bicyclic) bond motifs is 5. The summed E-state index contributed by atoms with van der Waals surface area (Å²) < 4.78 is 7.07. The van der Waals surface area contributed by atoms with Crippen molar-refractivity contribution in [1.29, 1.82) is 0 Å². The lowest BCUT2D eigenvalue weighted by atomic mass is 10.0. The van der Waals surface area contributed by atoms with Crippen LogP contribution in [0.2, 0.25) is 0 Å². The predicted octanol–water partition coefficient (Wildman–Crippen LogP) is 1.58. The van der Waals surface area contributed by atoms with Gasteiger partial charge in [0.15, 0.2) is 11.8 Å². The Morgan fingerprint density at radius 3 is 2.26 bits per heavy atom. The summed E-state index contributed by atoms with van der Waals surface area (Å²) in [5, 5.41) is 21.6. The van der Waals surface area contributed by atoms with Gasteiger partial charge in [0.25, 0.3) is 0 Å². The zero-order valence-electron chi connectivity index (χ0n) is 17.5. The SMILES string of the molecule is CC(=O)OC(CN1CCN(c2ncccn2)CC1)Cn1c(O)c2c(c1O)C1C=CC2C1. The van der Waals surface area contributed by atoms with Crippen LogP contribution in [0.15, 0.2) is 30.6 Å². The molecule has 0 aromatic carbocycles. The first-order valence-corrected chi connectivity index (χ1v) is 10.7. The van der Waals surface area contributed by atoms with E-state index in [-0.39, 0.29) is 36.1 Å². The second-order valence-corrected chi connectivity index (χ2v) is 8.49. The molecule has 31 heavy (non-hydrogen) atoms. The van der Waals surface area contributed by atoms with E-state index >= 15 is 0 Å². The summed E-state index contributed by atoms with van der Waals surface area (Å²) >= 11 is 0. The lowest BCUT2D eigenvalue weighted by Crippen LogP contribution is -2.50. The van der Waals surface area contributed by atoms with Gasteiger partial charge in [-0.1, -0.05) is 12.2 Å². The van der Waals surface area contributed by atoms with Crippen LogP contribution in [0.3, 0.4) is 0 Å². The van der Waals surface area contributed by atoms with Gasteiger partial charge in [0.2, 0.25) is 5.95 Å². The van der Waals surface area contributed by atoms with Crippen molar-refractivity contribution in [1.82, 2.24) is 19.4 Å². The molecule has 164 valence electrons. The maximum Gasteiger partial charge on any atom is 0.303 e. The molecule has 0 amide bonds. The summed E-state index contributed by atoms with van der Waals surface area (Å²) in [7, 11) is 0. The standard InChI is InChI=1S/C22H27N5O4/c1-14(28)31-17(12-25-7-9-26(10-8-25)22-23-5-2-6-24-22)13-27-20(29)18-15-3-4-16(11-15)19(18)21(27)30/h2-6,15-17,29-30H,7-13H2,1H3. The fourth-order valence-electron chi connectivity index (χ4n) is 5.11. The Bertz CT molecular complexity index is 962. The van der Waals surface area contributed by atoms with Crippen LogP contribution in [0.25, 0.3) is 0 Å². The maximum absolute atomic E-state index is 11.7. The molecule has 3 atom stereocenters. The summed E-state index contributed by atoms with van der Waals surface area (Å²) in [5.74, 6) is 0.848. The number of ether oxygens (including phenoxy) is 1. The Kier molecular flexibility index (Phi) is 5.05. The van der Waals surface area contributed by atoms with E-state index in [0.717, 1.165) is 49.7 Å². The van der Waals surface area contributed by atoms with Gasteiger partial charge in [-0.15, -0.1) is 0 Å². The molecule has 1 aliphatic heterocycles. The molecule has 3 aliphatic rings. The lowest BCUT2D eigenvalue weighted by molar-refractivity contribution is -0.148. The molecule has 5 rings (SSSR count). The highest BCUT2D eigenvalue weighted by Crippen LogP contribution is 2.56. The summed E-state index contributed by atoms with van der Waals surface area (Å²) in [6.07, 6.45) is 8.09. The molecule has 1 fully saturated rings. The Balaban J connectivity index is 1.27. The molecular formula is C22H27N5O4. The van der Waals surface area contributed by atoms with Gasteiger partial charge in [-0.3, -0.25) is 14.3 Å². The van der Waals surface area contributed by atoms with Gasteiger partial charge < -0.3 is 19.8 Å². The van der Waals surface area contributed by atoms with E-state index in [1.165, 1.54) is 11.5 Å². The number of hydrogen-bond donors (Lipinski definition) is 2. The van der Waals surface area contributed by atoms with Gasteiger partial charge in [-0.05, 0) is 12.5 Å². The Morgan fingerprint density at radius 2 is 1.68 bits per heavy atom. The molecule has 2 bridgehead atoms. The van der Waals surface area contributed by atoms with E-state index in [2.05, 4.69) is 31.9 Å². The van der Waals surface area contributed by atoms with Crippen LogP contribution in [0.1, 0.15) is 36.3 Å². The van der Waals surface area contributed by atoms with Gasteiger partial charge in [0, 0.05) is 75.0 Å². The molecule has 2 N–H and O–H groups in total. The number of piperazine rings is 1. The monoisotopic (exact) mass is 425 g/mol. The summed E-state index contributed by atoms with van der Waals surface area (Å²) in [5.41, 5.74) is 1.64. The Hall–Kier alpha value is -3.07. The molecule has 0 radical (unpaired) electrons.